The smallest absolute Gasteiger partial charge is 0.277 e. The number of hydrogen-bond donors (Lipinski definition) is 1. The van der Waals surface area contributed by atoms with Gasteiger partial charge in [0.05, 0.1) is 24.1 Å². The number of amides is 1. The van der Waals surface area contributed by atoms with Crippen molar-refractivity contribution in [2.75, 3.05) is 5.32 Å². The molecule has 0 aliphatic carbocycles. The third-order valence-corrected chi connectivity index (χ3v) is 4.07. The molecule has 0 radical (unpaired) electrons. The van der Waals surface area contributed by atoms with E-state index < -0.39 is 5.91 Å². The van der Waals surface area contributed by atoms with Crippen molar-refractivity contribution in [3.63, 3.8) is 0 Å². The van der Waals surface area contributed by atoms with Crippen molar-refractivity contribution in [1.82, 2.24) is 29.8 Å². The fourth-order valence-corrected chi connectivity index (χ4v) is 2.75. The summed E-state index contributed by atoms with van der Waals surface area (Å²) in [5.41, 5.74) is 2.41. The quantitative estimate of drug-likeness (QED) is 0.575. The third kappa shape index (κ3) is 3.85. The molecule has 2 aromatic heterocycles. The summed E-state index contributed by atoms with van der Waals surface area (Å²) in [5.74, 6) is -0.391. The van der Waals surface area contributed by atoms with Gasteiger partial charge in [0.1, 0.15) is 12.7 Å². The summed E-state index contributed by atoms with van der Waals surface area (Å²) in [7, 11) is 0. The first-order chi connectivity index (χ1) is 13.2. The molecule has 0 bridgehead atoms. The van der Waals surface area contributed by atoms with E-state index in [9.17, 15) is 4.79 Å². The van der Waals surface area contributed by atoms with Crippen LogP contribution in [0.5, 0.6) is 0 Å². The number of aromatic nitrogens is 6. The zero-order valence-electron chi connectivity index (χ0n) is 14.0. The lowest BCUT2D eigenvalue weighted by molar-refractivity contribution is 0.102. The Bertz CT molecular complexity index is 1060. The minimum Gasteiger partial charge on any atom is -0.319 e. The first kappa shape index (κ1) is 16.9. The van der Waals surface area contributed by atoms with Crippen LogP contribution in [0.3, 0.4) is 0 Å². The predicted molar refractivity (Wildman–Crippen MR) is 99.9 cm³/mol. The number of halogens is 1. The standard InChI is InChI=1S/C18H14ClN7O/c19-14-6-7-17(26-12-20-11-21-26)15(8-14)22-18(27)16-10-25(24-23-16)9-13-4-2-1-3-5-13/h1-8,10-12H,9H2,(H,22,27). The molecule has 0 aliphatic rings. The van der Waals surface area contributed by atoms with Crippen LogP contribution in [0.15, 0.2) is 67.4 Å². The molecule has 1 amide bonds. The average Bonchev–Trinajstić information content (AvgIpc) is 3.35. The second kappa shape index (κ2) is 7.38. The Kier molecular flexibility index (Phi) is 4.63. The molecule has 4 aromatic rings. The van der Waals surface area contributed by atoms with Crippen molar-refractivity contribution in [3.8, 4) is 5.69 Å². The molecular formula is C18H14ClN7O. The van der Waals surface area contributed by atoms with E-state index in [1.165, 1.54) is 17.3 Å². The van der Waals surface area contributed by atoms with Gasteiger partial charge >= 0.3 is 0 Å². The Morgan fingerprint density at radius 3 is 2.78 bits per heavy atom. The molecule has 4 rings (SSSR count). The number of benzene rings is 2. The molecule has 9 heteroatoms. The molecule has 0 unspecified atom stereocenters. The monoisotopic (exact) mass is 379 g/mol. The van der Waals surface area contributed by atoms with Crippen LogP contribution in [0.1, 0.15) is 16.1 Å². The van der Waals surface area contributed by atoms with E-state index >= 15 is 0 Å². The Balaban J connectivity index is 1.54. The first-order valence-electron chi connectivity index (χ1n) is 8.09. The summed E-state index contributed by atoms with van der Waals surface area (Å²) in [6.45, 7) is 0.530. The first-order valence-corrected chi connectivity index (χ1v) is 8.47. The number of carbonyl (C=O) groups excluding carboxylic acids is 1. The van der Waals surface area contributed by atoms with Gasteiger partial charge in [-0.2, -0.15) is 5.10 Å². The van der Waals surface area contributed by atoms with Gasteiger partial charge in [-0.1, -0.05) is 47.1 Å². The highest BCUT2D eigenvalue weighted by Gasteiger charge is 2.15. The highest BCUT2D eigenvalue weighted by molar-refractivity contribution is 6.31. The second-order valence-electron chi connectivity index (χ2n) is 5.74. The zero-order chi connectivity index (χ0) is 18.6. The summed E-state index contributed by atoms with van der Waals surface area (Å²) in [4.78, 5) is 16.5. The number of carbonyl (C=O) groups is 1. The molecule has 0 saturated carbocycles. The van der Waals surface area contributed by atoms with Gasteiger partial charge in [0.15, 0.2) is 5.69 Å². The maximum Gasteiger partial charge on any atom is 0.277 e. The van der Waals surface area contributed by atoms with Crippen molar-refractivity contribution < 1.29 is 4.79 Å². The summed E-state index contributed by atoms with van der Waals surface area (Å²) < 4.78 is 3.15. The van der Waals surface area contributed by atoms with Crippen LogP contribution in [0.4, 0.5) is 5.69 Å². The molecule has 0 aliphatic heterocycles. The minimum absolute atomic E-state index is 0.204. The molecule has 134 valence electrons. The molecule has 0 saturated heterocycles. The van der Waals surface area contributed by atoms with Crippen molar-refractivity contribution in [2.24, 2.45) is 0 Å². The second-order valence-corrected chi connectivity index (χ2v) is 6.18. The van der Waals surface area contributed by atoms with Crippen LogP contribution in [0.2, 0.25) is 5.02 Å². The molecule has 27 heavy (non-hydrogen) atoms. The van der Waals surface area contributed by atoms with Crippen molar-refractivity contribution >= 4 is 23.2 Å². The van der Waals surface area contributed by atoms with Crippen molar-refractivity contribution in [1.29, 1.82) is 0 Å². The van der Waals surface area contributed by atoms with Gasteiger partial charge in [-0.15, -0.1) is 5.10 Å². The van der Waals surface area contributed by atoms with Crippen LogP contribution in [0, 0.1) is 0 Å². The van der Waals surface area contributed by atoms with E-state index in [1.54, 1.807) is 29.1 Å². The molecule has 0 atom stereocenters. The van der Waals surface area contributed by atoms with Gasteiger partial charge in [-0.25, -0.2) is 14.3 Å². The van der Waals surface area contributed by atoms with Gasteiger partial charge in [0, 0.05) is 5.02 Å². The van der Waals surface area contributed by atoms with Crippen molar-refractivity contribution in [2.45, 2.75) is 6.54 Å². The molecule has 2 aromatic carbocycles. The van der Waals surface area contributed by atoms with Crippen LogP contribution < -0.4 is 5.32 Å². The van der Waals surface area contributed by atoms with E-state index in [0.29, 0.717) is 22.9 Å². The van der Waals surface area contributed by atoms with Crippen LogP contribution in [-0.4, -0.2) is 35.7 Å². The average molecular weight is 380 g/mol. The van der Waals surface area contributed by atoms with E-state index in [4.69, 9.17) is 11.6 Å². The van der Waals surface area contributed by atoms with Gasteiger partial charge in [0.2, 0.25) is 0 Å². The fraction of sp³-hybridized carbons (Fsp3) is 0.0556. The number of anilines is 1. The summed E-state index contributed by atoms with van der Waals surface area (Å²) in [6, 6.07) is 14.9. The topological polar surface area (TPSA) is 90.5 Å². The number of hydrogen-bond acceptors (Lipinski definition) is 5. The Hall–Kier alpha value is -3.52. The normalized spacial score (nSPS) is 10.7. The third-order valence-electron chi connectivity index (χ3n) is 3.83. The van der Waals surface area contributed by atoms with Crippen molar-refractivity contribution in [3.05, 3.63) is 83.7 Å². The fourth-order valence-electron chi connectivity index (χ4n) is 2.58. The van der Waals surface area contributed by atoms with Gasteiger partial charge in [0.25, 0.3) is 5.91 Å². The number of nitrogens with one attached hydrogen (secondary N) is 1. The van der Waals surface area contributed by atoms with E-state index in [-0.39, 0.29) is 5.69 Å². The van der Waals surface area contributed by atoms with Crippen LogP contribution in [0.25, 0.3) is 5.69 Å². The molecular weight excluding hydrogens is 366 g/mol. The highest BCUT2D eigenvalue weighted by atomic mass is 35.5. The van der Waals surface area contributed by atoms with Crippen LogP contribution in [-0.2, 0) is 6.54 Å². The SMILES string of the molecule is O=C(Nc1cc(Cl)ccc1-n1cncn1)c1cn(Cc2ccccc2)nn1. The number of nitrogens with zero attached hydrogens (tertiary/aromatic N) is 6. The van der Waals surface area contributed by atoms with E-state index in [1.807, 2.05) is 30.3 Å². The lowest BCUT2D eigenvalue weighted by Gasteiger charge is -2.10. The lowest BCUT2D eigenvalue weighted by Crippen LogP contribution is -2.14. The van der Waals surface area contributed by atoms with Crippen LogP contribution >= 0.6 is 11.6 Å². The minimum atomic E-state index is -0.391. The maximum absolute atomic E-state index is 12.6. The number of rotatable bonds is 5. The summed E-state index contributed by atoms with van der Waals surface area (Å²) in [5, 5.41) is 15.4. The predicted octanol–water partition coefficient (Wildman–Crippen LogP) is 2.81. The Morgan fingerprint density at radius 2 is 2.00 bits per heavy atom. The maximum atomic E-state index is 12.6. The van der Waals surface area contributed by atoms with E-state index in [0.717, 1.165) is 5.56 Å². The van der Waals surface area contributed by atoms with Gasteiger partial charge < -0.3 is 5.32 Å². The summed E-state index contributed by atoms with van der Waals surface area (Å²) in [6.07, 6.45) is 4.55. The highest BCUT2D eigenvalue weighted by Crippen LogP contribution is 2.24. The van der Waals surface area contributed by atoms with Gasteiger partial charge in [-0.05, 0) is 23.8 Å². The summed E-state index contributed by atoms with van der Waals surface area (Å²) >= 11 is 6.07. The lowest BCUT2D eigenvalue weighted by atomic mass is 10.2. The molecule has 8 nitrogen and oxygen atoms in total. The molecule has 0 spiro atoms. The molecule has 2 heterocycles. The van der Waals surface area contributed by atoms with Gasteiger partial charge in [-0.3, -0.25) is 4.79 Å². The zero-order valence-corrected chi connectivity index (χ0v) is 14.8. The molecule has 0 fully saturated rings. The molecule has 1 N–H and O–H groups in total. The van der Waals surface area contributed by atoms with E-state index in [2.05, 4.69) is 25.7 Å². The Labute approximate surface area is 159 Å². The largest absolute Gasteiger partial charge is 0.319 e. The Morgan fingerprint density at radius 1 is 1.15 bits per heavy atom.